The average Bonchev–Trinajstić information content (AvgIpc) is 3.21. The molecule has 0 fully saturated rings. The number of hydrogen-bond donors (Lipinski definition) is 0. The summed E-state index contributed by atoms with van der Waals surface area (Å²) in [5.74, 6) is 1.93. The summed E-state index contributed by atoms with van der Waals surface area (Å²) >= 11 is 0. The summed E-state index contributed by atoms with van der Waals surface area (Å²) in [5, 5.41) is 0. The zero-order chi connectivity index (χ0) is 38.0. The Balaban J connectivity index is 1.20. The second-order valence-electron chi connectivity index (χ2n) is 15.7. The molecule has 0 aliphatic rings. The van der Waals surface area contributed by atoms with Crippen LogP contribution in [-0.4, -0.2) is 13.2 Å². The molecule has 0 unspecified atom stereocenters. The molecule has 298 valence electrons. The largest absolute Gasteiger partial charge is 0.494 e. The maximum Gasteiger partial charge on any atom is 0.119 e. The summed E-state index contributed by atoms with van der Waals surface area (Å²) in [6.07, 6.45) is 44.4. The van der Waals surface area contributed by atoms with Crippen LogP contribution in [0.2, 0.25) is 0 Å². The summed E-state index contributed by atoms with van der Waals surface area (Å²) in [6.45, 7) is 6.21. The molecule has 3 rings (SSSR count). The van der Waals surface area contributed by atoms with Gasteiger partial charge in [-0.25, -0.2) is 0 Å². The first kappa shape index (κ1) is 45.1. The van der Waals surface area contributed by atoms with Gasteiger partial charge in [0.15, 0.2) is 0 Å². The van der Waals surface area contributed by atoms with E-state index in [-0.39, 0.29) is 0 Å². The SMILES string of the molecule is CCCCCCCCCCCCCCCOc1ccc(C=Cc2ccc(C=Cc3ccc(OCCCCCCCCCCCCCCC)cc3)cc2)cc1. The van der Waals surface area contributed by atoms with Gasteiger partial charge in [-0.3, -0.25) is 0 Å². The number of rotatable bonds is 34. The van der Waals surface area contributed by atoms with Crippen molar-refractivity contribution in [1.82, 2.24) is 0 Å². The minimum absolute atomic E-state index is 0.813. The third-order valence-corrected chi connectivity index (χ3v) is 10.7. The van der Waals surface area contributed by atoms with Gasteiger partial charge in [-0.05, 0) is 59.4 Å². The van der Waals surface area contributed by atoms with Crippen LogP contribution in [0.4, 0.5) is 0 Å². The maximum absolute atomic E-state index is 6.01. The lowest BCUT2D eigenvalue weighted by Gasteiger charge is -2.07. The fraction of sp³-hybridized carbons (Fsp3) is 0.577. The van der Waals surface area contributed by atoms with Crippen molar-refractivity contribution in [2.45, 2.75) is 181 Å². The molecule has 3 aromatic carbocycles. The molecule has 0 saturated carbocycles. The third-order valence-electron chi connectivity index (χ3n) is 10.7. The second-order valence-corrected chi connectivity index (χ2v) is 15.7. The van der Waals surface area contributed by atoms with E-state index in [0.29, 0.717) is 0 Å². The van der Waals surface area contributed by atoms with Crippen LogP contribution in [-0.2, 0) is 0 Å². The second kappa shape index (κ2) is 32.0. The van der Waals surface area contributed by atoms with Gasteiger partial charge in [0.25, 0.3) is 0 Å². The van der Waals surface area contributed by atoms with Gasteiger partial charge in [0.1, 0.15) is 11.5 Å². The molecule has 0 amide bonds. The topological polar surface area (TPSA) is 18.5 Å². The van der Waals surface area contributed by atoms with Gasteiger partial charge in [0, 0.05) is 0 Å². The van der Waals surface area contributed by atoms with Crippen molar-refractivity contribution in [3.8, 4) is 11.5 Å². The number of benzene rings is 3. The quantitative estimate of drug-likeness (QED) is 0.0449. The lowest BCUT2D eigenvalue weighted by Crippen LogP contribution is -1.97. The van der Waals surface area contributed by atoms with E-state index in [1.165, 1.54) is 176 Å². The molecule has 0 saturated heterocycles. The molecule has 0 heterocycles. The molecule has 0 aliphatic heterocycles. The van der Waals surface area contributed by atoms with E-state index in [9.17, 15) is 0 Å². The van der Waals surface area contributed by atoms with Crippen molar-refractivity contribution in [3.63, 3.8) is 0 Å². The number of ether oxygens (including phenoxy) is 2. The van der Waals surface area contributed by atoms with Crippen LogP contribution in [0.25, 0.3) is 24.3 Å². The normalized spacial score (nSPS) is 11.6. The van der Waals surface area contributed by atoms with E-state index in [1.54, 1.807) is 0 Å². The van der Waals surface area contributed by atoms with Crippen LogP contribution in [0.3, 0.4) is 0 Å². The van der Waals surface area contributed by atoms with Crippen molar-refractivity contribution in [2.24, 2.45) is 0 Å². The van der Waals surface area contributed by atoms with E-state index in [2.05, 4.69) is 111 Å². The van der Waals surface area contributed by atoms with Crippen molar-refractivity contribution in [3.05, 3.63) is 95.1 Å². The Bertz CT molecular complexity index is 1210. The molecular formula is C52H78O2. The van der Waals surface area contributed by atoms with Crippen LogP contribution in [0.15, 0.2) is 72.8 Å². The summed E-state index contributed by atoms with van der Waals surface area (Å²) in [4.78, 5) is 0. The molecule has 0 N–H and O–H groups in total. The zero-order valence-electron chi connectivity index (χ0n) is 34.9. The first-order chi connectivity index (χ1) is 26.8. The van der Waals surface area contributed by atoms with E-state index in [4.69, 9.17) is 9.47 Å². The minimum Gasteiger partial charge on any atom is -0.494 e. The monoisotopic (exact) mass is 735 g/mol. The van der Waals surface area contributed by atoms with Gasteiger partial charge < -0.3 is 9.47 Å². The zero-order valence-corrected chi connectivity index (χ0v) is 34.9. The summed E-state index contributed by atoms with van der Waals surface area (Å²) in [6, 6.07) is 25.6. The molecule has 0 aliphatic carbocycles. The van der Waals surface area contributed by atoms with E-state index < -0.39 is 0 Å². The van der Waals surface area contributed by atoms with Crippen LogP contribution >= 0.6 is 0 Å². The molecular weight excluding hydrogens is 657 g/mol. The number of hydrogen-bond acceptors (Lipinski definition) is 2. The highest BCUT2D eigenvalue weighted by Gasteiger charge is 1.99. The van der Waals surface area contributed by atoms with Crippen LogP contribution in [0, 0.1) is 0 Å². The van der Waals surface area contributed by atoms with E-state index >= 15 is 0 Å². The van der Waals surface area contributed by atoms with Gasteiger partial charge in [0.2, 0.25) is 0 Å². The van der Waals surface area contributed by atoms with Crippen LogP contribution in [0.5, 0.6) is 11.5 Å². The van der Waals surface area contributed by atoms with E-state index in [1.807, 2.05) is 0 Å². The molecule has 0 spiro atoms. The van der Waals surface area contributed by atoms with Crippen molar-refractivity contribution in [1.29, 1.82) is 0 Å². The molecule has 0 radical (unpaired) electrons. The van der Waals surface area contributed by atoms with Crippen LogP contribution < -0.4 is 9.47 Å². The predicted octanol–water partition coefficient (Wildman–Crippen LogP) is 17.0. The third kappa shape index (κ3) is 23.5. The summed E-state index contributed by atoms with van der Waals surface area (Å²) < 4.78 is 12.0. The van der Waals surface area contributed by atoms with Crippen molar-refractivity contribution < 1.29 is 9.47 Å². The summed E-state index contributed by atoms with van der Waals surface area (Å²) in [7, 11) is 0. The predicted molar refractivity (Wildman–Crippen MR) is 240 cm³/mol. The van der Waals surface area contributed by atoms with Gasteiger partial charge in [-0.2, -0.15) is 0 Å². The van der Waals surface area contributed by atoms with E-state index in [0.717, 1.165) is 37.6 Å². The van der Waals surface area contributed by atoms with Crippen molar-refractivity contribution in [2.75, 3.05) is 13.2 Å². The number of unbranched alkanes of at least 4 members (excludes halogenated alkanes) is 24. The van der Waals surface area contributed by atoms with Crippen molar-refractivity contribution >= 4 is 24.3 Å². The Labute approximate surface area is 333 Å². The molecule has 0 bridgehead atoms. The Morgan fingerprint density at radius 1 is 0.278 bits per heavy atom. The molecule has 2 heteroatoms. The summed E-state index contributed by atoms with van der Waals surface area (Å²) in [5.41, 5.74) is 4.76. The standard InChI is InChI=1S/C52H78O2/c1-3-5-7-9-11-13-15-17-19-21-23-25-27-45-53-51-41-37-49(38-42-51)35-33-47-29-31-48(32-30-47)34-36-50-39-43-52(44-40-50)54-46-28-26-24-22-20-18-16-14-12-10-8-6-4-2/h29-44H,3-28,45-46H2,1-2H3. The lowest BCUT2D eigenvalue weighted by atomic mass is 10.0. The Morgan fingerprint density at radius 2 is 0.481 bits per heavy atom. The highest BCUT2D eigenvalue weighted by Crippen LogP contribution is 2.19. The molecule has 2 nitrogen and oxygen atoms in total. The van der Waals surface area contributed by atoms with Gasteiger partial charge in [-0.15, -0.1) is 0 Å². The molecule has 0 atom stereocenters. The molecule has 0 aromatic heterocycles. The Hall–Kier alpha value is -3.26. The fourth-order valence-electron chi connectivity index (χ4n) is 7.07. The van der Waals surface area contributed by atoms with Gasteiger partial charge in [-0.1, -0.05) is 241 Å². The lowest BCUT2D eigenvalue weighted by molar-refractivity contribution is 0.304. The highest BCUT2D eigenvalue weighted by molar-refractivity contribution is 5.73. The first-order valence-electron chi connectivity index (χ1n) is 22.7. The Morgan fingerprint density at radius 3 is 0.722 bits per heavy atom. The fourth-order valence-corrected chi connectivity index (χ4v) is 7.07. The Kier molecular flexibility index (Phi) is 26.8. The average molecular weight is 735 g/mol. The molecule has 3 aromatic rings. The van der Waals surface area contributed by atoms with Crippen LogP contribution in [0.1, 0.15) is 203 Å². The minimum atomic E-state index is 0.813. The maximum atomic E-state index is 6.01. The van der Waals surface area contributed by atoms with Gasteiger partial charge in [0.05, 0.1) is 13.2 Å². The smallest absolute Gasteiger partial charge is 0.119 e. The first-order valence-corrected chi connectivity index (χ1v) is 22.7. The molecule has 54 heavy (non-hydrogen) atoms. The van der Waals surface area contributed by atoms with Gasteiger partial charge >= 0.3 is 0 Å². The highest BCUT2D eigenvalue weighted by atomic mass is 16.5.